The summed E-state index contributed by atoms with van der Waals surface area (Å²) in [4.78, 5) is 37.4. The number of hydrogen-bond donors (Lipinski definition) is 2. The number of nitro benzene ring substituents is 1. The number of ether oxygens (including phenoxy) is 2. The van der Waals surface area contributed by atoms with Crippen LogP contribution in [0.15, 0.2) is 114 Å². The first-order valence-electron chi connectivity index (χ1n) is 21.6. The van der Waals surface area contributed by atoms with Gasteiger partial charge in [0.15, 0.2) is 0 Å². The normalized spacial score (nSPS) is 17.7. The summed E-state index contributed by atoms with van der Waals surface area (Å²) < 4.78 is 55.7. The monoisotopic (exact) mass is 918 g/mol. The number of halogens is 2. The average Bonchev–Trinajstić information content (AvgIpc) is 3.76. The minimum Gasteiger partial charge on any atom is -0.493 e. The number of carbonyl (C=O) groups excluding carboxylic acids is 1. The lowest BCUT2D eigenvalue weighted by molar-refractivity contribution is -0.386. The van der Waals surface area contributed by atoms with Gasteiger partial charge in [-0.15, -0.1) is 0 Å². The molecule has 2 aliphatic heterocycles. The topological polar surface area (TPSA) is 160 Å². The highest BCUT2D eigenvalue weighted by molar-refractivity contribution is 7.90. The Morgan fingerprint density at radius 1 is 1.03 bits per heavy atom. The van der Waals surface area contributed by atoms with Gasteiger partial charge in [0, 0.05) is 79.1 Å². The number of benzene rings is 4. The summed E-state index contributed by atoms with van der Waals surface area (Å²) in [7, 11) is -4.67. The molecule has 336 valence electrons. The van der Waals surface area contributed by atoms with E-state index in [0.717, 1.165) is 66.6 Å². The lowest BCUT2D eigenvalue weighted by Gasteiger charge is -2.39. The quantitative estimate of drug-likeness (QED) is 0.0894. The molecule has 6 aromatic rings. The highest BCUT2D eigenvalue weighted by Gasteiger charge is 2.33. The van der Waals surface area contributed by atoms with E-state index in [0.29, 0.717) is 30.9 Å². The van der Waals surface area contributed by atoms with Gasteiger partial charge in [-0.2, -0.15) is 0 Å². The van der Waals surface area contributed by atoms with Crippen molar-refractivity contribution in [2.75, 3.05) is 44.2 Å². The maximum absolute atomic E-state index is 14.1. The number of H-pyrrole nitrogens is 1. The minimum atomic E-state index is -4.67. The van der Waals surface area contributed by atoms with Crippen molar-refractivity contribution in [3.05, 3.63) is 152 Å². The van der Waals surface area contributed by atoms with Crippen molar-refractivity contribution >= 4 is 55.5 Å². The van der Waals surface area contributed by atoms with Crippen molar-refractivity contribution in [3.63, 3.8) is 0 Å². The van der Waals surface area contributed by atoms with E-state index in [9.17, 15) is 27.7 Å². The number of allylic oxidation sites excluding steroid dienone is 1. The fourth-order valence-corrected chi connectivity index (χ4v) is 10.2. The number of pyridine rings is 1. The van der Waals surface area contributed by atoms with Crippen molar-refractivity contribution in [2.24, 2.45) is 11.3 Å². The summed E-state index contributed by atoms with van der Waals surface area (Å²) in [6.45, 7) is 8.70. The molecule has 16 heteroatoms. The van der Waals surface area contributed by atoms with Crippen LogP contribution in [0.1, 0.15) is 60.2 Å². The van der Waals surface area contributed by atoms with Crippen LogP contribution in [-0.2, 0) is 22.9 Å². The maximum atomic E-state index is 14.1. The van der Waals surface area contributed by atoms with E-state index in [-0.39, 0.29) is 52.8 Å². The Morgan fingerprint density at radius 2 is 1.80 bits per heavy atom. The molecular weight excluding hydrogens is 871 g/mol. The van der Waals surface area contributed by atoms with Crippen LogP contribution >= 0.6 is 11.6 Å². The van der Waals surface area contributed by atoms with Gasteiger partial charge in [0.25, 0.3) is 21.6 Å². The first-order chi connectivity index (χ1) is 31.2. The number of anilines is 1. The van der Waals surface area contributed by atoms with Gasteiger partial charge in [-0.25, -0.2) is 22.5 Å². The number of rotatable bonds is 12. The van der Waals surface area contributed by atoms with Crippen LogP contribution in [0.3, 0.4) is 0 Å². The second kappa shape index (κ2) is 17.9. The molecule has 0 spiro atoms. The van der Waals surface area contributed by atoms with Gasteiger partial charge < -0.3 is 19.4 Å². The van der Waals surface area contributed by atoms with Gasteiger partial charge in [-0.05, 0) is 103 Å². The van der Waals surface area contributed by atoms with Crippen molar-refractivity contribution < 1.29 is 32.0 Å². The summed E-state index contributed by atoms with van der Waals surface area (Å²) in [6, 6.07) is 24.9. The molecule has 1 saturated heterocycles. The molecule has 1 fully saturated rings. The van der Waals surface area contributed by atoms with Crippen LogP contribution in [0, 0.1) is 27.3 Å². The van der Waals surface area contributed by atoms with Gasteiger partial charge in [0.2, 0.25) is 0 Å². The van der Waals surface area contributed by atoms with Crippen LogP contribution in [-0.4, -0.2) is 73.4 Å². The molecule has 2 aromatic heterocycles. The number of sulfonamides is 1. The van der Waals surface area contributed by atoms with Gasteiger partial charge in [0.05, 0.1) is 33.7 Å². The predicted octanol–water partition coefficient (Wildman–Crippen LogP) is 9.75. The van der Waals surface area contributed by atoms with E-state index in [1.807, 2.05) is 18.2 Å². The van der Waals surface area contributed by atoms with E-state index in [2.05, 4.69) is 50.5 Å². The van der Waals surface area contributed by atoms with Crippen LogP contribution in [0.2, 0.25) is 5.02 Å². The van der Waals surface area contributed by atoms with Crippen molar-refractivity contribution in [2.45, 2.75) is 50.8 Å². The molecule has 1 aliphatic carbocycles. The number of nitrogens with zero attached hydrogens (tertiary/aromatic N) is 4. The first-order valence-corrected chi connectivity index (χ1v) is 23.5. The number of carbonyl (C=O) groups is 1. The van der Waals surface area contributed by atoms with Crippen molar-refractivity contribution in [1.82, 2.24) is 19.6 Å². The summed E-state index contributed by atoms with van der Waals surface area (Å²) in [5, 5.41) is 13.8. The third-order valence-electron chi connectivity index (χ3n) is 12.6. The molecule has 4 heterocycles. The number of nitrogens with one attached hydrogen (secondary N) is 2. The van der Waals surface area contributed by atoms with Crippen LogP contribution in [0.5, 0.6) is 17.2 Å². The fraction of sp³-hybridized carbons (Fsp3) is 0.306. The summed E-state index contributed by atoms with van der Waals surface area (Å²) in [5.74, 6) is -1.06. The molecule has 9 rings (SSSR count). The van der Waals surface area contributed by atoms with E-state index in [1.165, 1.54) is 47.2 Å². The maximum Gasteiger partial charge on any atom is 0.277 e. The van der Waals surface area contributed by atoms with Crippen molar-refractivity contribution in [3.8, 4) is 17.2 Å². The summed E-state index contributed by atoms with van der Waals surface area (Å²) in [5.41, 5.74) is 6.29. The minimum absolute atomic E-state index is 0.0462. The predicted molar refractivity (Wildman–Crippen MR) is 248 cm³/mol. The van der Waals surface area contributed by atoms with Crippen LogP contribution < -0.4 is 19.1 Å². The lowest BCUT2D eigenvalue weighted by atomic mass is 9.72. The third kappa shape index (κ3) is 9.87. The Morgan fingerprint density at radius 3 is 2.55 bits per heavy atom. The van der Waals surface area contributed by atoms with Gasteiger partial charge in [0.1, 0.15) is 28.7 Å². The van der Waals surface area contributed by atoms with Crippen molar-refractivity contribution in [1.29, 1.82) is 0 Å². The zero-order valence-electron chi connectivity index (χ0n) is 36.0. The number of hydrogen-bond acceptors (Lipinski definition) is 10. The number of amides is 1. The third-order valence-corrected chi connectivity index (χ3v) is 14.2. The van der Waals surface area contributed by atoms with E-state index < -0.39 is 31.4 Å². The zero-order chi connectivity index (χ0) is 45.5. The zero-order valence-corrected chi connectivity index (χ0v) is 37.6. The Balaban J connectivity index is 0.942. The van der Waals surface area contributed by atoms with Gasteiger partial charge in [-0.3, -0.25) is 19.8 Å². The second-order valence-corrected chi connectivity index (χ2v) is 20.0. The Bertz CT molecular complexity index is 2930. The highest BCUT2D eigenvalue weighted by atomic mass is 35.5. The molecule has 0 unspecified atom stereocenters. The molecule has 0 saturated carbocycles. The molecule has 4 aromatic carbocycles. The Labute approximate surface area is 381 Å². The number of fused-ring (bicyclic) bond motifs is 2. The lowest BCUT2D eigenvalue weighted by Crippen LogP contribution is -2.47. The molecule has 3 aliphatic rings. The first kappa shape index (κ1) is 43.9. The number of nitro groups is 1. The standard InChI is InChI=1S/C49H48ClFN6O7S/c1-49(2)15-13-35(43(27-49)33-5-7-36(50)8-6-33)29-55-17-19-56(20-18-55)38-11-12-41(46(24-38)64-39-23-34-14-16-52-47(34)53-28-39)48(58)54-65(61,62)40-25-44(57(59)60)42-22-32(30-63-45(42)26-40)21-31-3-9-37(51)10-4-31/h3-12,14,16,23-26,28,32H,13,15,17-22,27,29-30H2,1-2H3,(H,52,53)(H,54,58)/t32-/m0/s1. The molecule has 65 heavy (non-hydrogen) atoms. The molecule has 0 bridgehead atoms. The number of aromatic amines is 1. The fourth-order valence-electron chi connectivity index (χ4n) is 9.11. The number of aromatic nitrogens is 2. The SMILES string of the molecule is CC1(C)CCC(CN2CCN(c3ccc(C(=O)NS(=O)(=O)c4cc5c(c([N+](=O)[O-])c4)C[C@H](Cc4ccc(F)cc4)CO5)c(Oc4cnc5[nH]ccc5c4)c3)CC2)=C(c2ccc(Cl)cc2)C1. The summed E-state index contributed by atoms with van der Waals surface area (Å²) in [6.07, 6.45) is 7.14. The smallest absolute Gasteiger partial charge is 0.277 e. The van der Waals surface area contributed by atoms with Crippen LogP contribution in [0.25, 0.3) is 16.6 Å². The highest BCUT2D eigenvalue weighted by Crippen LogP contribution is 2.44. The largest absolute Gasteiger partial charge is 0.493 e. The Hall–Kier alpha value is -6.29. The Kier molecular flexibility index (Phi) is 12.1. The number of piperazine rings is 1. The van der Waals surface area contributed by atoms with Gasteiger partial charge >= 0.3 is 0 Å². The molecule has 1 atom stereocenters. The van der Waals surface area contributed by atoms with E-state index in [1.54, 1.807) is 36.5 Å². The van der Waals surface area contributed by atoms with E-state index >= 15 is 0 Å². The molecular formula is C49H48ClFN6O7S. The molecule has 2 N–H and O–H groups in total. The molecule has 0 radical (unpaired) electrons. The van der Waals surface area contributed by atoms with Crippen LogP contribution in [0.4, 0.5) is 15.8 Å². The molecule has 13 nitrogen and oxygen atoms in total. The van der Waals surface area contributed by atoms with Gasteiger partial charge in [-0.1, -0.05) is 55.3 Å². The summed E-state index contributed by atoms with van der Waals surface area (Å²) >= 11 is 6.24. The van der Waals surface area contributed by atoms with E-state index in [4.69, 9.17) is 21.1 Å². The molecule has 1 amide bonds. The second-order valence-electron chi connectivity index (χ2n) is 17.9. The average molecular weight is 919 g/mol.